The molecule has 0 aliphatic heterocycles. The van der Waals surface area contributed by atoms with Gasteiger partial charge in [0.25, 0.3) is 0 Å². The van der Waals surface area contributed by atoms with Crippen molar-refractivity contribution in [3.63, 3.8) is 0 Å². The first kappa shape index (κ1) is 15.6. The maximum Gasteiger partial charge on any atom is 0.146 e. The predicted molar refractivity (Wildman–Crippen MR) is 86.1 cm³/mol. The lowest BCUT2D eigenvalue weighted by molar-refractivity contribution is -0.0392. The summed E-state index contributed by atoms with van der Waals surface area (Å²) in [6.45, 7) is 2.96. The molecule has 0 atom stereocenters. The van der Waals surface area contributed by atoms with Crippen LogP contribution in [0.2, 0.25) is 0 Å². The van der Waals surface area contributed by atoms with Crippen molar-refractivity contribution in [3.05, 3.63) is 58.1 Å². The number of methoxy groups -OCH3 is 1. The van der Waals surface area contributed by atoms with Gasteiger partial charge in [0.2, 0.25) is 0 Å². The van der Waals surface area contributed by atoms with Crippen LogP contribution in [0.5, 0.6) is 0 Å². The summed E-state index contributed by atoms with van der Waals surface area (Å²) < 4.78 is 11.3. The first-order valence-electron chi connectivity index (χ1n) is 6.28. The van der Waals surface area contributed by atoms with Gasteiger partial charge in [-0.25, -0.2) is 0 Å². The molecule has 0 bridgehead atoms. The highest BCUT2D eigenvalue weighted by molar-refractivity contribution is 9.10. The van der Waals surface area contributed by atoms with Crippen molar-refractivity contribution in [1.29, 1.82) is 0 Å². The number of halogens is 1. The molecule has 0 radical (unpaired) electrons. The van der Waals surface area contributed by atoms with Crippen LogP contribution in [0, 0.1) is 6.92 Å². The van der Waals surface area contributed by atoms with Crippen LogP contribution >= 0.6 is 27.7 Å². The first-order chi connectivity index (χ1) is 9.69. The summed E-state index contributed by atoms with van der Waals surface area (Å²) >= 11 is 5.35. The average molecular weight is 353 g/mol. The number of hydrogen-bond acceptors (Lipinski definition) is 3. The van der Waals surface area contributed by atoms with Crippen LogP contribution in [0.15, 0.2) is 56.7 Å². The Kier molecular flexibility index (Phi) is 6.10. The highest BCUT2D eigenvalue weighted by atomic mass is 79.9. The molecule has 4 heteroatoms. The molecule has 0 saturated carbocycles. The second-order valence-corrected chi connectivity index (χ2v) is 6.43. The Bertz CT molecular complexity index is 572. The van der Waals surface area contributed by atoms with E-state index in [1.807, 2.05) is 0 Å². The van der Waals surface area contributed by atoms with E-state index in [1.165, 1.54) is 15.4 Å². The quantitative estimate of drug-likeness (QED) is 0.536. The first-order valence-corrected chi connectivity index (χ1v) is 7.89. The van der Waals surface area contributed by atoms with Crippen LogP contribution in [0.3, 0.4) is 0 Å². The zero-order valence-electron chi connectivity index (χ0n) is 11.6. The molecule has 2 aromatic carbocycles. The molecule has 0 N–H and O–H groups in total. The number of ether oxygens (including phenoxy) is 2. The molecule has 2 nitrogen and oxygen atoms in total. The summed E-state index contributed by atoms with van der Waals surface area (Å²) in [5.74, 6) is 0. The van der Waals surface area contributed by atoms with E-state index in [4.69, 9.17) is 9.47 Å². The number of aryl methyl sites for hydroxylation is 1. The summed E-state index contributed by atoms with van der Waals surface area (Å²) in [5.41, 5.74) is 2.40. The molecule has 106 valence electrons. The van der Waals surface area contributed by atoms with Crippen molar-refractivity contribution in [2.75, 3.05) is 13.9 Å². The molecule has 0 unspecified atom stereocenters. The van der Waals surface area contributed by atoms with E-state index in [0.717, 1.165) is 10.0 Å². The second-order valence-electron chi connectivity index (χ2n) is 4.43. The maximum absolute atomic E-state index is 5.36. The molecule has 2 aromatic rings. The Hall–Kier alpha value is -0.810. The van der Waals surface area contributed by atoms with Crippen molar-refractivity contribution in [2.24, 2.45) is 0 Å². The Balaban J connectivity index is 2.05. The van der Waals surface area contributed by atoms with Gasteiger partial charge < -0.3 is 9.47 Å². The van der Waals surface area contributed by atoms with Crippen LogP contribution in [0.1, 0.15) is 11.1 Å². The third kappa shape index (κ3) is 4.63. The van der Waals surface area contributed by atoms with E-state index in [2.05, 4.69) is 65.3 Å². The largest absolute Gasteiger partial charge is 0.359 e. The molecule has 0 heterocycles. The van der Waals surface area contributed by atoms with Gasteiger partial charge in [-0.15, -0.1) is 0 Å². The molecule has 2 rings (SSSR count). The van der Waals surface area contributed by atoms with Crippen LogP contribution in [0.25, 0.3) is 0 Å². The average Bonchev–Trinajstić information content (AvgIpc) is 2.41. The predicted octanol–water partition coefficient (Wildman–Crippen LogP) is 5.03. The SMILES string of the molecule is COCOCc1ccc(Sc2cccc(C)c2)cc1Br. The van der Waals surface area contributed by atoms with Gasteiger partial charge in [0.05, 0.1) is 6.61 Å². The lowest BCUT2D eigenvalue weighted by Gasteiger charge is -2.08. The van der Waals surface area contributed by atoms with Crippen LogP contribution < -0.4 is 0 Å². The van der Waals surface area contributed by atoms with Crippen molar-refractivity contribution in [3.8, 4) is 0 Å². The molecule has 0 saturated heterocycles. The number of hydrogen-bond donors (Lipinski definition) is 0. The number of rotatable bonds is 6. The zero-order chi connectivity index (χ0) is 14.4. The van der Waals surface area contributed by atoms with Crippen molar-refractivity contribution >= 4 is 27.7 Å². The summed E-state index contributed by atoms with van der Waals surface area (Å²) in [6, 6.07) is 14.8. The van der Waals surface area contributed by atoms with Gasteiger partial charge >= 0.3 is 0 Å². The lowest BCUT2D eigenvalue weighted by Crippen LogP contribution is -1.97. The van der Waals surface area contributed by atoms with Gasteiger partial charge in [-0.3, -0.25) is 0 Å². The molecular formula is C16H17BrO2S. The van der Waals surface area contributed by atoms with Crippen molar-refractivity contribution < 1.29 is 9.47 Å². The highest BCUT2D eigenvalue weighted by Gasteiger charge is 2.04. The van der Waals surface area contributed by atoms with Crippen molar-refractivity contribution in [2.45, 2.75) is 23.3 Å². The molecule has 0 aromatic heterocycles. The van der Waals surface area contributed by atoms with Crippen LogP contribution in [0.4, 0.5) is 0 Å². The monoisotopic (exact) mass is 352 g/mol. The van der Waals surface area contributed by atoms with E-state index in [0.29, 0.717) is 13.4 Å². The van der Waals surface area contributed by atoms with Gasteiger partial charge in [-0.05, 0) is 36.8 Å². The normalized spacial score (nSPS) is 10.8. The van der Waals surface area contributed by atoms with E-state index < -0.39 is 0 Å². The number of benzene rings is 2. The molecule has 0 fully saturated rings. The third-order valence-corrected chi connectivity index (χ3v) is 4.43. The van der Waals surface area contributed by atoms with E-state index >= 15 is 0 Å². The molecule has 0 aliphatic rings. The van der Waals surface area contributed by atoms with E-state index in [9.17, 15) is 0 Å². The minimum Gasteiger partial charge on any atom is -0.359 e. The van der Waals surface area contributed by atoms with Gasteiger partial charge in [0.15, 0.2) is 0 Å². The Morgan fingerprint density at radius 1 is 1.10 bits per heavy atom. The van der Waals surface area contributed by atoms with Crippen molar-refractivity contribution in [1.82, 2.24) is 0 Å². The minimum atomic E-state index is 0.312. The lowest BCUT2D eigenvalue weighted by atomic mass is 10.2. The van der Waals surface area contributed by atoms with Crippen LogP contribution in [-0.2, 0) is 16.1 Å². The zero-order valence-corrected chi connectivity index (χ0v) is 14.0. The molecule has 20 heavy (non-hydrogen) atoms. The van der Waals surface area contributed by atoms with Gasteiger partial charge in [0, 0.05) is 21.4 Å². The molecule has 0 aliphatic carbocycles. The van der Waals surface area contributed by atoms with Gasteiger partial charge in [-0.1, -0.05) is 51.5 Å². The standard InChI is InChI=1S/C16H17BrO2S/c1-12-4-3-5-14(8-12)20-15-7-6-13(16(17)9-15)10-19-11-18-2/h3-9H,10-11H2,1-2H3. The fourth-order valence-corrected chi connectivity index (χ4v) is 3.38. The fourth-order valence-electron chi connectivity index (χ4n) is 1.76. The highest BCUT2D eigenvalue weighted by Crippen LogP contribution is 2.31. The summed E-state index contributed by atoms with van der Waals surface area (Å²) in [4.78, 5) is 2.46. The second kappa shape index (κ2) is 7.84. The smallest absolute Gasteiger partial charge is 0.146 e. The molecular weight excluding hydrogens is 336 g/mol. The fraction of sp³-hybridized carbons (Fsp3) is 0.250. The van der Waals surface area contributed by atoms with Gasteiger partial charge in [-0.2, -0.15) is 0 Å². The Morgan fingerprint density at radius 3 is 2.60 bits per heavy atom. The maximum atomic E-state index is 5.36. The minimum absolute atomic E-state index is 0.312. The Morgan fingerprint density at radius 2 is 1.90 bits per heavy atom. The Labute approximate surface area is 132 Å². The summed E-state index contributed by atoms with van der Waals surface area (Å²) in [6.07, 6.45) is 0. The molecule has 0 spiro atoms. The topological polar surface area (TPSA) is 18.5 Å². The van der Waals surface area contributed by atoms with E-state index in [1.54, 1.807) is 18.9 Å². The third-order valence-electron chi connectivity index (χ3n) is 2.71. The molecule has 0 amide bonds. The van der Waals surface area contributed by atoms with E-state index in [-0.39, 0.29) is 0 Å². The summed E-state index contributed by atoms with van der Waals surface area (Å²) in [7, 11) is 1.62. The van der Waals surface area contributed by atoms with Gasteiger partial charge in [0.1, 0.15) is 6.79 Å². The summed E-state index contributed by atoms with van der Waals surface area (Å²) in [5, 5.41) is 0. The van der Waals surface area contributed by atoms with Crippen LogP contribution in [-0.4, -0.2) is 13.9 Å².